The fraction of sp³-hybridized carbons (Fsp3) is 0.222. The van der Waals surface area contributed by atoms with Crippen LogP contribution in [0.3, 0.4) is 0 Å². The predicted molar refractivity (Wildman–Crippen MR) is 125 cm³/mol. The van der Waals surface area contributed by atoms with E-state index < -0.39 is 5.41 Å². The highest BCUT2D eigenvalue weighted by Crippen LogP contribution is 2.44. The Morgan fingerprint density at radius 2 is 1.16 bits per heavy atom. The second-order valence-electron chi connectivity index (χ2n) is 8.06. The average Bonchev–Trinajstić information content (AvgIpc) is 3.06. The number of hydrogen-bond donors (Lipinski definition) is 0. The largest absolute Gasteiger partial charge is 0.294 e. The highest BCUT2D eigenvalue weighted by molar-refractivity contribution is 6.27. The molecule has 1 aliphatic heterocycles. The summed E-state index contributed by atoms with van der Waals surface area (Å²) in [5.74, 6) is -0.906. The Labute approximate surface area is 188 Å². The molecule has 2 amide bonds. The molecule has 0 spiro atoms. The number of nitrogens with zero attached hydrogens (tertiary/aromatic N) is 2. The third-order valence-corrected chi connectivity index (χ3v) is 5.92. The molecule has 5 nitrogen and oxygen atoms in total. The van der Waals surface area contributed by atoms with Crippen LogP contribution < -0.4 is 10.0 Å². The van der Waals surface area contributed by atoms with Gasteiger partial charge in [0.25, 0.3) is 11.8 Å². The number of para-hydroxylation sites is 2. The van der Waals surface area contributed by atoms with E-state index in [9.17, 15) is 14.4 Å². The zero-order chi connectivity index (χ0) is 22.6. The quantitative estimate of drug-likeness (QED) is 0.356. The lowest BCUT2D eigenvalue weighted by atomic mass is 9.76. The van der Waals surface area contributed by atoms with Crippen LogP contribution in [-0.4, -0.2) is 17.6 Å². The van der Waals surface area contributed by atoms with E-state index in [4.69, 9.17) is 0 Å². The second kappa shape index (κ2) is 9.18. The molecule has 5 heteroatoms. The molecule has 1 aliphatic rings. The Balaban J connectivity index is 1.82. The van der Waals surface area contributed by atoms with Gasteiger partial charge in [0, 0.05) is 12.0 Å². The summed E-state index contributed by atoms with van der Waals surface area (Å²) in [5, 5.41) is 2.87. The molecule has 3 aromatic carbocycles. The van der Waals surface area contributed by atoms with Crippen LogP contribution >= 0.6 is 0 Å². The first-order chi connectivity index (χ1) is 15.6. The molecule has 0 saturated carbocycles. The summed E-state index contributed by atoms with van der Waals surface area (Å²) in [6.07, 6.45) is 1.66. The Kier molecular flexibility index (Phi) is 6.17. The van der Waals surface area contributed by atoms with Crippen LogP contribution in [0.2, 0.25) is 0 Å². The fourth-order valence-electron chi connectivity index (χ4n) is 4.21. The van der Waals surface area contributed by atoms with Crippen molar-refractivity contribution in [2.75, 3.05) is 10.0 Å². The molecule has 1 heterocycles. The summed E-state index contributed by atoms with van der Waals surface area (Å²) in [6.45, 7) is 2.01. The monoisotopic (exact) mass is 426 g/mol. The van der Waals surface area contributed by atoms with Crippen LogP contribution in [-0.2, 0) is 9.59 Å². The summed E-state index contributed by atoms with van der Waals surface area (Å²) in [7, 11) is 0. The highest BCUT2D eigenvalue weighted by atomic mass is 16.2. The second-order valence-corrected chi connectivity index (χ2v) is 8.06. The lowest BCUT2D eigenvalue weighted by molar-refractivity contribution is -0.135. The SMILES string of the molecule is CCCCC1(CC(=O)c2ccccc2)C(=O)N(c2ccccc2)N(c2ccccc2)C1=O. The van der Waals surface area contributed by atoms with Crippen LogP contribution in [0.4, 0.5) is 11.4 Å². The maximum absolute atomic E-state index is 14.0. The van der Waals surface area contributed by atoms with Gasteiger partial charge >= 0.3 is 0 Å². The molecule has 0 aromatic heterocycles. The molecular formula is C27H26N2O3. The number of carbonyl (C=O) groups excluding carboxylic acids is 3. The van der Waals surface area contributed by atoms with Crippen LogP contribution in [0.1, 0.15) is 43.0 Å². The molecule has 32 heavy (non-hydrogen) atoms. The van der Waals surface area contributed by atoms with Crippen molar-refractivity contribution in [3.8, 4) is 0 Å². The standard InChI is InChI=1S/C27H26N2O3/c1-2-3-19-27(20-24(30)21-13-7-4-8-14-21)25(31)28(22-15-9-5-10-16-22)29(26(27)32)23-17-11-6-12-18-23/h4-18H,2-3,19-20H2,1H3. The highest BCUT2D eigenvalue weighted by Gasteiger charge is 2.59. The zero-order valence-corrected chi connectivity index (χ0v) is 18.1. The maximum atomic E-state index is 14.0. The molecule has 0 N–H and O–H groups in total. The zero-order valence-electron chi connectivity index (χ0n) is 18.1. The van der Waals surface area contributed by atoms with E-state index in [1.165, 1.54) is 10.0 Å². The number of Topliss-reactive ketones (excluding diaryl/α,β-unsaturated/α-hetero) is 1. The lowest BCUT2D eigenvalue weighted by Gasteiger charge is -2.27. The van der Waals surface area contributed by atoms with Crippen LogP contribution in [0, 0.1) is 5.41 Å². The molecule has 3 aromatic rings. The number of carbonyl (C=O) groups is 3. The Morgan fingerprint density at radius 3 is 1.59 bits per heavy atom. The molecule has 0 bridgehead atoms. The normalized spacial score (nSPS) is 15.3. The van der Waals surface area contributed by atoms with Crippen LogP contribution in [0.5, 0.6) is 0 Å². The van der Waals surface area contributed by atoms with Gasteiger partial charge in [0.2, 0.25) is 0 Å². The Hall–Kier alpha value is -3.73. The van der Waals surface area contributed by atoms with Gasteiger partial charge in [-0.15, -0.1) is 0 Å². The Bertz CT molecular complexity index is 1040. The molecule has 0 aliphatic carbocycles. The van der Waals surface area contributed by atoms with E-state index >= 15 is 0 Å². The van der Waals surface area contributed by atoms with Gasteiger partial charge < -0.3 is 0 Å². The van der Waals surface area contributed by atoms with E-state index in [1.54, 1.807) is 48.5 Å². The number of hydrazine groups is 1. The Morgan fingerprint density at radius 1 is 0.719 bits per heavy atom. The molecule has 0 unspecified atom stereocenters. The first-order valence-corrected chi connectivity index (χ1v) is 11.0. The summed E-state index contributed by atoms with van der Waals surface area (Å²) in [5.41, 5.74) is 0.267. The number of benzene rings is 3. The van der Waals surface area contributed by atoms with Gasteiger partial charge in [0.1, 0.15) is 5.41 Å². The predicted octanol–water partition coefficient (Wildman–Crippen LogP) is 5.43. The minimum absolute atomic E-state index is 0.151. The average molecular weight is 427 g/mol. The molecule has 0 atom stereocenters. The number of amides is 2. The maximum Gasteiger partial charge on any atom is 0.262 e. The fourth-order valence-corrected chi connectivity index (χ4v) is 4.21. The van der Waals surface area contributed by atoms with E-state index in [2.05, 4.69) is 0 Å². The molecular weight excluding hydrogens is 400 g/mol. The summed E-state index contributed by atoms with van der Waals surface area (Å²) >= 11 is 0. The number of hydrogen-bond acceptors (Lipinski definition) is 3. The number of ketones is 1. The van der Waals surface area contributed by atoms with Gasteiger partial charge in [-0.2, -0.15) is 0 Å². The van der Waals surface area contributed by atoms with Crippen molar-refractivity contribution < 1.29 is 14.4 Å². The topological polar surface area (TPSA) is 57.7 Å². The van der Waals surface area contributed by atoms with Gasteiger partial charge in [-0.3, -0.25) is 14.4 Å². The number of anilines is 2. The summed E-state index contributed by atoms with van der Waals surface area (Å²) in [4.78, 5) is 41.2. The first kappa shape index (κ1) is 21.5. The first-order valence-electron chi connectivity index (χ1n) is 11.0. The van der Waals surface area contributed by atoms with E-state index in [1.807, 2.05) is 49.4 Å². The molecule has 1 saturated heterocycles. The summed E-state index contributed by atoms with van der Waals surface area (Å²) in [6, 6.07) is 27.1. The van der Waals surface area contributed by atoms with Crippen molar-refractivity contribution in [2.24, 2.45) is 5.41 Å². The number of rotatable bonds is 8. The van der Waals surface area contributed by atoms with Gasteiger partial charge in [0.05, 0.1) is 11.4 Å². The van der Waals surface area contributed by atoms with E-state index in [0.29, 0.717) is 29.8 Å². The smallest absolute Gasteiger partial charge is 0.262 e. The van der Waals surface area contributed by atoms with Crippen molar-refractivity contribution >= 4 is 29.0 Å². The van der Waals surface area contributed by atoms with Gasteiger partial charge in [-0.25, -0.2) is 10.0 Å². The van der Waals surface area contributed by atoms with Gasteiger partial charge in [0.15, 0.2) is 5.78 Å². The van der Waals surface area contributed by atoms with Gasteiger partial charge in [-0.05, 0) is 30.7 Å². The number of unbranched alkanes of at least 4 members (excludes halogenated alkanes) is 1. The lowest BCUT2D eigenvalue weighted by Crippen LogP contribution is -2.41. The molecule has 1 fully saturated rings. The third-order valence-electron chi connectivity index (χ3n) is 5.92. The van der Waals surface area contributed by atoms with Crippen molar-refractivity contribution in [3.05, 3.63) is 96.6 Å². The van der Waals surface area contributed by atoms with Crippen molar-refractivity contribution in [1.82, 2.24) is 0 Å². The van der Waals surface area contributed by atoms with Gasteiger partial charge in [-0.1, -0.05) is 86.5 Å². The summed E-state index contributed by atoms with van der Waals surface area (Å²) < 4.78 is 0. The molecule has 4 rings (SSSR count). The van der Waals surface area contributed by atoms with Crippen molar-refractivity contribution in [1.29, 1.82) is 0 Å². The van der Waals surface area contributed by atoms with Crippen molar-refractivity contribution in [3.63, 3.8) is 0 Å². The van der Waals surface area contributed by atoms with Crippen LogP contribution in [0.15, 0.2) is 91.0 Å². The molecule has 162 valence electrons. The minimum Gasteiger partial charge on any atom is -0.294 e. The molecule has 0 radical (unpaired) electrons. The third kappa shape index (κ3) is 3.82. The van der Waals surface area contributed by atoms with Crippen molar-refractivity contribution in [2.45, 2.75) is 32.6 Å². The van der Waals surface area contributed by atoms with E-state index in [0.717, 1.165) is 6.42 Å². The van der Waals surface area contributed by atoms with Crippen LogP contribution in [0.25, 0.3) is 0 Å². The minimum atomic E-state index is -1.44. The van der Waals surface area contributed by atoms with E-state index in [-0.39, 0.29) is 24.0 Å².